The fourth-order valence-corrected chi connectivity index (χ4v) is 2.23. The van der Waals surface area contributed by atoms with Crippen LogP contribution >= 0.6 is 0 Å². The van der Waals surface area contributed by atoms with Gasteiger partial charge in [-0.15, -0.1) is 0 Å². The van der Waals surface area contributed by atoms with E-state index in [1.807, 2.05) is 13.8 Å². The molecule has 0 radical (unpaired) electrons. The van der Waals surface area contributed by atoms with Crippen molar-refractivity contribution in [3.63, 3.8) is 0 Å². The first kappa shape index (κ1) is 16.3. The molecule has 0 heterocycles. The number of carbonyl (C=O) groups is 1. The van der Waals surface area contributed by atoms with Crippen molar-refractivity contribution < 1.29 is 13.6 Å². The van der Waals surface area contributed by atoms with Crippen molar-refractivity contribution in [2.24, 2.45) is 5.41 Å². The highest BCUT2D eigenvalue weighted by Crippen LogP contribution is 2.26. The predicted octanol–water partition coefficient (Wildman–Crippen LogP) is 3.75. The van der Waals surface area contributed by atoms with Crippen molar-refractivity contribution in [1.82, 2.24) is 5.32 Å². The Kier molecular flexibility index (Phi) is 6.06. The lowest BCUT2D eigenvalue weighted by Gasteiger charge is -2.33. The van der Waals surface area contributed by atoms with Crippen LogP contribution in [0, 0.1) is 5.41 Å². The third-order valence-electron chi connectivity index (χ3n) is 2.28. The largest absolute Gasteiger partial charge is 0.351 e. The average molecular weight is 249 g/mol. The van der Waals surface area contributed by atoms with Gasteiger partial charge >= 0.3 is 0 Å². The molecule has 0 aromatic rings. The van der Waals surface area contributed by atoms with E-state index in [-0.39, 0.29) is 36.1 Å². The predicted molar refractivity (Wildman–Crippen MR) is 66.1 cm³/mol. The molecule has 2 nitrogen and oxygen atoms in total. The number of carbonyl (C=O) groups excluding carboxylic acids is 1. The molecule has 0 spiro atoms. The fraction of sp³-hybridized carbons (Fsp3) is 0.923. The topological polar surface area (TPSA) is 29.1 Å². The number of halogens is 2. The molecule has 0 aromatic heterocycles. The molecule has 4 heteroatoms. The highest BCUT2D eigenvalue weighted by atomic mass is 19.3. The number of rotatable bonds is 6. The molecule has 0 aliphatic rings. The maximum atomic E-state index is 11.9. The summed E-state index contributed by atoms with van der Waals surface area (Å²) >= 11 is 0. The van der Waals surface area contributed by atoms with Crippen LogP contribution in [0.1, 0.15) is 60.3 Å². The molecule has 102 valence electrons. The van der Waals surface area contributed by atoms with E-state index in [9.17, 15) is 13.6 Å². The van der Waals surface area contributed by atoms with Crippen LogP contribution in [0.4, 0.5) is 8.78 Å². The molecule has 1 amide bonds. The zero-order valence-corrected chi connectivity index (χ0v) is 11.6. The lowest BCUT2D eigenvalue weighted by molar-refractivity contribution is -0.123. The van der Waals surface area contributed by atoms with Crippen LogP contribution < -0.4 is 5.32 Å². The van der Waals surface area contributed by atoms with Gasteiger partial charge in [0.1, 0.15) is 0 Å². The molecule has 0 unspecified atom stereocenters. The normalized spacial score (nSPS) is 12.9. The van der Waals surface area contributed by atoms with Gasteiger partial charge in [0.05, 0.1) is 0 Å². The summed E-state index contributed by atoms with van der Waals surface area (Å²) in [5, 5.41) is 2.90. The minimum absolute atomic E-state index is 0.125. The van der Waals surface area contributed by atoms with E-state index in [0.717, 1.165) is 6.42 Å². The van der Waals surface area contributed by atoms with Gasteiger partial charge in [-0.2, -0.15) is 0 Å². The Morgan fingerprint density at radius 3 is 2.12 bits per heavy atom. The first-order valence-electron chi connectivity index (χ1n) is 6.11. The number of amides is 1. The van der Waals surface area contributed by atoms with Crippen LogP contribution in [0.3, 0.4) is 0 Å². The van der Waals surface area contributed by atoms with Gasteiger partial charge in [-0.1, -0.05) is 20.8 Å². The van der Waals surface area contributed by atoms with Crippen LogP contribution in [0.25, 0.3) is 0 Å². The molecular weight excluding hydrogens is 224 g/mol. The number of hydrogen-bond acceptors (Lipinski definition) is 1. The second-order valence-electron chi connectivity index (χ2n) is 6.45. The highest BCUT2D eigenvalue weighted by molar-refractivity contribution is 5.76. The molecule has 0 aromatic carbocycles. The first-order valence-corrected chi connectivity index (χ1v) is 6.11. The van der Waals surface area contributed by atoms with Gasteiger partial charge in [0.25, 0.3) is 0 Å². The lowest BCUT2D eigenvalue weighted by Crippen LogP contribution is -2.45. The van der Waals surface area contributed by atoms with Gasteiger partial charge in [-0.25, -0.2) is 8.78 Å². The number of hydrogen-bond donors (Lipinski definition) is 1. The van der Waals surface area contributed by atoms with Crippen LogP contribution in [0.2, 0.25) is 0 Å². The van der Waals surface area contributed by atoms with E-state index in [2.05, 4.69) is 26.1 Å². The third kappa shape index (κ3) is 10.2. The Hall–Kier alpha value is -0.670. The van der Waals surface area contributed by atoms with Crippen LogP contribution in [-0.4, -0.2) is 17.9 Å². The second-order valence-corrected chi connectivity index (χ2v) is 6.45. The van der Waals surface area contributed by atoms with E-state index in [4.69, 9.17) is 0 Å². The third-order valence-corrected chi connectivity index (χ3v) is 2.28. The maximum absolute atomic E-state index is 11.9. The van der Waals surface area contributed by atoms with Crippen molar-refractivity contribution in [3.05, 3.63) is 0 Å². The molecule has 0 fully saturated rings. The smallest absolute Gasteiger partial charge is 0.238 e. The maximum Gasteiger partial charge on any atom is 0.238 e. The number of nitrogens with one attached hydrogen (secondary N) is 1. The molecule has 0 saturated carbocycles. The fourth-order valence-electron chi connectivity index (χ4n) is 2.23. The van der Waals surface area contributed by atoms with E-state index in [1.165, 1.54) is 0 Å². The second kappa shape index (κ2) is 6.31. The van der Waals surface area contributed by atoms with Gasteiger partial charge in [0.15, 0.2) is 0 Å². The van der Waals surface area contributed by atoms with Crippen molar-refractivity contribution in [1.29, 1.82) is 0 Å². The zero-order chi connectivity index (χ0) is 13.7. The summed E-state index contributed by atoms with van der Waals surface area (Å²) in [6.07, 6.45) is -1.24. The first-order chi connectivity index (χ1) is 7.52. The van der Waals surface area contributed by atoms with Gasteiger partial charge in [-0.3, -0.25) is 4.79 Å². The quantitative estimate of drug-likeness (QED) is 0.763. The minimum Gasteiger partial charge on any atom is -0.351 e. The Balaban J connectivity index is 4.01. The van der Waals surface area contributed by atoms with Gasteiger partial charge < -0.3 is 5.32 Å². The summed E-state index contributed by atoms with van der Waals surface area (Å²) in [5.74, 6) is -0.139. The lowest BCUT2D eigenvalue weighted by atomic mass is 9.82. The summed E-state index contributed by atoms with van der Waals surface area (Å²) in [6, 6.07) is 0. The van der Waals surface area contributed by atoms with Crippen molar-refractivity contribution in [2.75, 3.05) is 0 Å². The van der Waals surface area contributed by atoms with Gasteiger partial charge in [0, 0.05) is 18.4 Å². The highest BCUT2D eigenvalue weighted by Gasteiger charge is 2.26. The summed E-state index contributed by atoms with van der Waals surface area (Å²) in [4.78, 5) is 11.6. The molecule has 0 atom stereocenters. The molecule has 0 saturated heterocycles. The van der Waals surface area contributed by atoms with Crippen molar-refractivity contribution >= 4 is 5.91 Å². The Bertz CT molecular complexity index is 244. The monoisotopic (exact) mass is 249 g/mol. The Morgan fingerprint density at radius 1 is 1.18 bits per heavy atom. The molecule has 0 aliphatic heterocycles. The van der Waals surface area contributed by atoms with E-state index in [1.54, 1.807) is 0 Å². The molecule has 0 aliphatic carbocycles. The summed E-state index contributed by atoms with van der Waals surface area (Å²) < 4.78 is 23.8. The molecular formula is C13H25F2NO. The molecule has 0 rings (SSSR count). The summed E-state index contributed by atoms with van der Waals surface area (Å²) in [5.41, 5.74) is -0.167. The standard InChI is InChI=1S/C13H25F2NO/c1-12(2,3)9-13(4,5)16-11(17)8-6-7-10(14)15/h10H,6-9H2,1-5H3,(H,16,17). The van der Waals surface area contributed by atoms with Gasteiger partial charge in [-0.05, 0) is 32.1 Å². The Labute approximate surface area is 103 Å². The molecule has 0 bridgehead atoms. The minimum atomic E-state index is -2.31. The molecule has 1 N–H and O–H groups in total. The van der Waals surface area contributed by atoms with Crippen molar-refractivity contribution in [2.45, 2.75) is 72.3 Å². The van der Waals surface area contributed by atoms with E-state index < -0.39 is 6.43 Å². The molecule has 17 heavy (non-hydrogen) atoms. The van der Waals surface area contributed by atoms with Crippen LogP contribution in [0.5, 0.6) is 0 Å². The van der Waals surface area contributed by atoms with E-state index >= 15 is 0 Å². The summed E-state index contributed by atoms with van der Waals surface area (Å²) in [7, 11) is 0. The SMILES string of the molecule is CC(C)(C)CC(C)(C)NC(=O)CCCC(F)F. The zero-order valence-electron chi connectivity index (χ0n) is 11.6. The van der Waals surface area contributed by atoms with E-state index in [0.29, 0.717) is 0 Å². The van der Waals surface area contributed by atoms with Gasteiger partial charge in [0.2, 0.25) is 12.3 Å². The van der Waals surface area contributed by atoms with Crippen LogP contribution in [-0.2, 0) is 4.79 Å². The Morgan fingerprint density at radius 2 is 1.71 bits per heavy atom. The summed E-state index contributed by atoms with van der Waals surface area (Å²) in [6.45, 7) is 10.2. The average Bonchev–Trinajstić information content (AvgIpc) is 1.95. The van der Waals surface area contributed by atoms with Crippen LogP contribution in [0.15, 0.2) is 0 Å². The van der Waals surface area contributed by atoms with Crippen molar-refractivity contribution in [3.8, 4) is 0 Å². The number of alkyl halides is 2.